The van der Waals surface area contributed by atoms with Gasteiger partial charge in [0.15, 0.2) is 0 Å². The zero-order valence-corrected chi connectivity index (χ0v) is 16.9. The van der Waals surface area contributed by atoms with E-state index in [0.29, 0.717) is 5.92 Å². The Hall–Kier alpha value is -1.32. The fourth-order valence-corrected chi connectivity index (χ4v) is 6.24. The van der Waals surface area contributed by atoms with E-state index in [-0.39, 0.29) is 29.2 Å². The first kappa shape index (κ1) is 18.1. The van der Waals surface area contributed by atoms with Crippen LogP contribution in [-0.2, 0) is 19.1 Å². The minimum Gasteiger partial charge on any atom is -0.458 e. The van der Waals surface area contributed by atoms with Crippen LogP contribution < -0.4 is 0 Å². The summed E-state index contributed by atoms with van der Waals surface area (Å²) in [6.07, 6.45) is 8.11. The summed E-state index contributed by atoms with van der Waals surface area (Å²) >= 11 is 0. The lowest BCUT2D eigenvalue weighted by Gasteiger charge is -2.51. The second-order valence-corrected chi connectivity index (χ2v) is 10.6. The molecule has 4 rings (SSSR count). The lowest BCUT2D eigenvalue weighted by atomic mass is 9.63. The number of fused-ring (bicyclic) bond motifs is 4. The molecular weight excluding hydrogens is 328 g/mol. The van der Waals surface area contributed by atoms with Gasteiger partial charge in [-0.15, -0.1) is 0 Å². The van der Waals surface area contributed by atoms with Crippen LogP contribution >= 0.6 is 0 Å². The first-order valence-corrected chi connectivity index (χ1v) is 10.1. The molecule has 0 aromatic rings. The molecule has 4 nitrogen and oxygen atoms in total. The predicted molar refractivity (Wildman–Crippen MR) is 98.1 cm³/mol. The smallest absolute Gasteiger partial charge is 0.313 e. The van der Waals surface area contributed by atoms with Crippen LogP contribution in [0.25, 0.3) is 0 Å². The maximum Gasteiger partial charge on any atom is 0.313 e. The molecule has 1 aliphatic heterocycles. The molecule has 0 N–H and O–H groups in total. The number of esters is 2. The molecule has 6 atom stereocenters. The predicted octanol–water partition coefficient (Wildman–Crippen LogP) is 4.28. The van der Waals surface area contributed by atoms with E-state index in [1.165, 1.54) is 0 Å². The van der Waals surface area contributed by atoms with Gasteiger partial charge in [-0.2, -0.15) is 0 Å². The van der Waals surface area contributed by atoms with E-state index in [4.69, 9.17) is 9.47 Å². The van der Waals surface area contributed by atoms with Crippen LogP contribution in [0.3, 0.4) is 0 Å². The van der Waals surface area contributed by atoms with Gasteiger partial charge in [0, 0.05) is 5.41 Å². The van der Waals surface area contributed by atoms with E-state index in [9.17, 15) is 9.59 Å². The normalized spacial score (nSPS) is 45.7. The van der Waals surface area contributed by atoms with Crippen LogP contribution in [0.1, 0.15) is 67.2 Å². The van der Waals surface area contributed by atoms with Gasteiger partial charge in [-0.25, -0.2) is 0 Å². The van der Waals surface area contributed by atoms with Crippen molar-refractivity contribution in [3.8, 4) is 0 Å². The molecular formula is C22H32O4. The summed E-state index contributed by atoms with van der Waals surface area (Å²) in [7, 11) is 0. The van der Waals surface area contributed by atoms with Crippen molar-refractivity contribution in [2.45, 2.75) is 78.4 Å². The molecule has 6 unspecified atom stereocenters. The quantitative estimate of drug-likeness (QED) is 0.557. The minimum atomic E-state index is -0.865. The Labute approximate surface area is 156 Å². The van der Waals surface area contributed by atoms with Crippen LogP contribution in [-0.4, -0.2) is 23.1 Å². The Morgan fingerprint density at radius 3 is 2.50 bits per heavy atom. The van der Waals surface area contributed by atoms with Gasteiger partial charge < -0.3 is 9.47 Å². The maximum atomic E-state index is 13.1. The Morgan fingerprint density at radius 1 is 1.23 bits per heavy atom. The van der Waals surface area contributed by atoms with Gasteiger partial charge in [0.25, 0.3) is 0 Å². The molecule has 144 valence electrons. The van der Waals surface area contributed by atoms with Crippen molar-refractivity contribution in [2.75, 3.05) is 0 Å². The van der Waals surface area contributed by atoms with E-state index in [1.54, 1.807) is 0 Å². The second-order valence-electron chi connectivity index (χ2n) is 10.6. The van der Waals surface area contributed by atoms with E-state index in [0.717, 1.165) is 25.7 Å². The molecule has 1 heterocycles. The Bertz CT molecular complexity index is 690. The number of rotatable bonds is 3. The summed E-state index contributed by atoms with van der Waals surface area (Å²) in [6.45, 7) is 12.2. The molecule has 4 bridgehead atoms. The highest BCUT2D eigenvalue weighted by Crippen LogP contribution is 2.61. The third-order valence-corrected chi connectivity index (χ3v) is 8.45. The van der Waals surface area contributed by atoms with E-state index in [1.807, 2.05) is 27.7 Å². The van der Waals surface area contributed by atoms with Crippen LogP contribution in [0.2, 0.25) is 0 Å². The third kappa shape index (κ3) is 2.20. The fourth-order valence-electron chi connectivity index (χ4n) is 6.24. The largest absolute Gasteiger partial charge is 0.458 e. The van der Waals surface area contributed by atoms with Gasteiger partial charge in [-0.1, -0.05) is 26.0 Å². The van der Waals surface area contributed by atoms with Crippen molar-refractivity contribution < 1.29 is 19.1 Å². The highest BCUT2D eigenvalue weighted by atomic mass is 16.6. The van der Waals surface area contributed by atoms with Crippen LogP contribution in [0.15, 0.2) is 12.2 Å². The number of ether oxygens (including phenoxy) is 2. The topological polar surface area (TPSA) is 52.6 Å². The van der Waals surface area contributed by atoms with Crippen molar-refractivity contribution in [3.05, 3.63) is 12.2 Å². The molecule has 3 fully saturated rings. The molecule has 0 radical (unpaired) electrons. The highest BCUT2D eigenvalue weighted by Gasteiger charge is 2.65. The molecule has 0 aromatic heterocycles. The summed E-state index contributed by atoms with van der Waals surface area (Å²) < 4.78 is 12.0. The van der Waals surface area contributed by atoms with E-state index < -0.39 is 22.5 Å². The summed E-state index contributed by atoms with van der Waals surface area (Å²) in [6, 6.07) is 0. The standard InChI is InChI=1S/C22H32O4/c1-19(2)15-9-10-22(19,6)25-17(23)16(15)20(3,4)26-18(24)21(5)12-13-7-8-14(21)11-13/h7-8,13-16H,9-12H2,1-6H3. The highest BCUT2D eigenvalue weighted by molar-refractivity contribution is 5.81. The molecule has 1 saturated heterocycles. The van der Waals surface area contributed by atoms with Crippen molar-refractivity contribution in [1.82, 2.24) is 0 Å². The number of hydrogen-bond donors (Lipinski definition) is 0. The Balaban J connectivity index is 1.58. The van der Waals surface area contributed by atoms with Crippen molar-refractivity contribution in [2.24, 2.45) is 34.5 Å². The molecule has 0 spiro atoms. The molecule has 4 heteroatoms. The van der Waals surface area contributed by atoms with Crippen molar-refractivity contribution in [3.63, 3.8) is 0 Å². The van der Waals surface area contributed by atoms with Gasteiger partial charge >= 0.3 is 11.9 Å². The molecule has 3 aliphatic carbocycles. The average molecular weight is 360 g/mol. The number of allylic oxidation sites excluding steroid dienone is 2. The first-order valence-electron chi connectivity index (χ1n) is 10.1. The number of carbonyl (C=O) groups is 2. The zero-order valence-electron chi connectivity index (χ0n) is 16.9. The van der Waals surface area contributed by atoms with E-state index in [2.05, 4.69) is 26.0 Å². The number of carbonyl (C=O) groups excluding carboxylic acids is 2. The van der Waals surface area contributed by atoms with Crippen molar-refractivity contribution in [1.29, 1.82) is 0 Å². The summed E-state index contributed by atoms with van der Waals surface area (Å²) in [5.74, 6) is 0.163. The monoisotopic (exact) mass is 360 g/mol. The Morgan fingerprint density at radius 2 is 1.92 bits per heavy atom. The Kier molecular flexibility index (Phi) is 3.57. The second kappa shape index (κ2) is 5.14. The lowest BCUT2D eigenvalue weighted by molar-refractivity contribution is -0.215. The SMILES string of the molecule is CC(C)(OC(=O)C1(C)CC2C=CC1C2)C1C(=O)OC2(C)CCC1C2(C)C. The average Bonchev–Trinajstić information content (AvgIpc) is 3.11. The zero-order chi connectivity index (χ0) is 19.1. The van der Waals surface area contributed by atoms with Gasteiger partial charge in [0.1, 0.15) is 11.2 Å². The minimum absolute atomic E-state index is 0.117. The lowest BCUT2D eigenvalue weighted by Crippen LogP contribution is -2.59. The van der Waals surface area contributed by atoms with Gasteiger partial charge in [0.2, 0.25) is 0 Å². The van der Waals surface area contributed by atoms with Gasteiger partial charge in [-0.3, -0.25) is 9.59 Å². The molecule has 0 amide bonds. The van der Waals surface area contributed by atoms with Gasteiger partial charge in [-0.05, 0) is 71.1 Å². The van der Waals surface area contributed by atoms with Crippen molar-refractivity contribution >= 4 is 11.9 Å². The summed E-state index contributed by atoms with van der Waals surface area (Å²) in [5, 5.41) is 0. The fraction of sp³-hybridized carbons (Fsp3) is 0.818. The molecule has 2 saturated carbocycles. The maximum absolute atomic E-state index is 13.1. The first-order chi connectivity index (χ1) is 11.9. The van der Waals surface area contributed by atoms with Gasteiger partial charge in [0.05, 0.1) is 11.3 Å². The number of hydrogen-bond acceptors (Lipinski definition) is 4. The van der Waals surface area contributed by atoms with Crippen LogP contribution in [0, 0.1) is 34.5 Å². The third-order valence-electron chi connectivity index (χ3n) is 8.45. The summed E-state index contributed by atoms with van der Waals surface area (Å²) in [5.41, 5.74) is -1.85. The van der Waals surface area contributed by atoms with Crippen LogP contribution in [0.4, 0.5) is 0 Å². The summed E-state index contributed by atoms with van der Waals surface area (Å²) in [4.78, 5) is 26.0. The molecule has 26 heavy (non-hydrogen) atoms. The molecule has 4 aliphatic rings. The molecule has 0 aromatic carbocycles. The van der Waals surface area contributed by atoms with Crippen LogP contribution in [0.5, 0.6) is 0 Å². The van der Waals surface area contributed by atoms with E-state index >= 15 is 0 Å².